The van der Waals surface area contributed by atoms with Gasteiger partial charge >= 0.3 is 6.04 Å². The first-order chi connectivity index (χ1) is 4.79. The minimum atomic E-state index is -1.48. The van der Waals surface area contributed by atoms with Crippen LogP contribution in [-0.2, 0) is 4.79 Å². The third-order valence-electron chi connectivity index (χ3n) is 0.922. The highest BCUT2D eigenvalue weighted by molar-refractivity contribution is 5.85. The highest BCUT2D eigenvalue weighted by Gasteiger charge is 1.90. The molecule has 0 unspecified atom stereocenters. The summed E-state index contributed by atoms with van der Waals surface area (Å²) in [6, 6.07) is 1.80. The fourth-order valence-electron chi connectivity index (χ4n) is 0.534. The number of carbonyl (C=O) groups excluding carboxylic acids is 1. The van der Waals surface area contributed by atoms with Crippen LogP contribution in [0.2, 0.25) is 0 Å². The van der Waals surface area contributed by atoms with Gasteiger partial charge in [-0.3, -0.25) is 4.79 Å². The van der Waals surface area contributed by atoms with Crippen molar-refractivity contribution >= 4 is 12.1 Å². The maximum atomic E-state index is 11.5. The first-order valence-electron chi connectivity index (χ1n) is 2.70. The van der Waals surface area contributed by atoms with Gasteiger partial charge in [-0.1, -0.05) is 0 Å². The molecule has 1 heterocycles. The van der Waals surface area contributed by atoms with E-state index in [1.54, 1.807) is 12.1 Å². The molecule has 1 rings (SSSR count). The van der Waals surface area contributed by atoms with Crippen molar-refractivity contribution in [2.24, 2.45) is 0 Å². The fraction of sp³-hybridized carbons (Fsp3) is 0. The van der Waals surface area contributed by atoms with Crippen molar-refractivity contribution in [2.45, 2.75) is 0 Å². The first-order valence-corrected chi connectivity index (χ1v) is 2.70. The number of rotatable bonds is 2. The maximum absolute atomic E-state index is 11.5. The normalized spacial score (nSPS) is 10.5. The number of allylic oxidation sites excluding steroid dienone is 1. The van der Waals surface area contributed by atoms with E-state index >= 15 is 0 Å². The standard InChI is InChI=1S/C7H5FO2/c8-7(9)4-3-6-2-1-5-10-6/h1-5H/b4-3+. The molecule has 1 aromatic rings. The van der Waals surface area contributed by atoms with Crippen molar-refractivity contribution in [1.29, 1.82) is 0 Å². The summed E-state index contributed by atoms with van der Waals surface area (Å²) < 4.78 is 16.3. The molecule has 2 nitrogen and oxygen atoms in total. The average molecular weight is 140 g/mol. The van der Waals surface area contributed by atoms with Crippen molar-refractivity contribution in [3.8, 4) is 0 Å². The van der Waals surface area contributed by atoms with Gasteiger partial charge < -0.3 is 4.42 Å². The molecular weight excluding hydrogens is 135 g/mol. The highest BCUT2D eigenvalue weighted by Crippen LogP contribution is 2.01. The van der Waals surface area contributed by atoms with Crippen LogP contribution in [-0.4, -0.2) is 6.04 Å². The van der Waals surface area contributed by atoms with Gasteiger partial charge in [0.15, 0.2) is 0 Å². The lowest BCUT2D eigenvalue weighted by Gasteiger charge is -1.77. The van der Waals surface area contributed by atoms with E-state index in [1.165, 1.54) is 12.3 Å². The third-order valence-corrected chi connectivity index (χ3v) is 0.922. The lowest BCUT2D eigenvalue weighted by atomic mass is 10.4. The van der Waals surface area contributed by atoms with Gasteiger partial charge in [-0.2, -0.15) is 4.39 Å². The maximum Gasteiger partial charge on any atom is 0.325 e. The Morgan fingerprint density at radius 2 is 2.50 bits per heavy atom. The molecule has 10 heavy (non-hydrogen) atoms. The third kappa shape index (κ3) is 1.85. The molecule has 0 N–H and O–H groups in total. The number of carbonyl (C=O) groups is 1. The summed E-state index contributed by atoms with van der Waals surface area (Å²) in [6.45, 7) is 0. The van der Waals surface area contributed by atoms with Gasteiger partial charge in [0, 0.05) is 6.08 Å². The van der Waals surface area contributed by atoms with Crippen LogP contribution in [0.25, 0.3) is 6.08 Å². The zero-order valence-corrected chi connectivity index (χ0v) is 5.08. The summed E-state index contributed by atoms with van der Waals surface area (Å²) in [5.41, 5.74) is 0. The SMILES string of the molecule is O=C(F)/C=C/c1ccco1. The van der Waals surface area contributed by atoms with Crippen molar-refractivity contribution in [1.82, 2.24) is 0 Å². The Balaban J connectivity index is 2.64. The molecule has 0 atom stereocenters. The van der Waals surface area contributed by atoms with E-state index in [1.807, 2.05) is 0 Å². The van der Waals surface area contributed by atoms with Gasteiger partial charge in [-0.25, -0.2) is 0 Å². The smallest absolute Gasteiger partial charge is 0.325 e. The van der Waals surface area contributed by atoms with Gasteiger partial charge in [0.2, 0.25) is 0 Å². The van der Waals surface area contributed by atoms with E-state index in [9.17, 15) is 9.18 Å². The topological polar surface area (TPSA) is 30.2 Å². The second-order valence-corrected chi connectivity index (χ2v) is 1.65. The predicted octanol–water partition coefficient (Wildman–Crippen LogP) is 1.79. The van der Waals surface area contributed by atoms with Crippen molar-refractivity contribution in [3.05, 3.63) is 30.2 Å². The Labute approximate surface area is 57.0 Å². The summed E-state index contributed by atoms with van der Waals surface area (Å²) in [5.74, 6) is 0.464. The van der Waals surface area contributed by atoms with E-state index in [0.29, 0.717) is 5.76 Å². The summed E-state index contributed by atoms with van der Waals surface area (Å²) in [7, 11) is 0. The quantitative estimate of drug-likeness (QED) is 0.463. The van der Waals surface area contributed by atoms with Crippen molar-refractivity contribution in [3.63, 3.8) is 0 Å². The molecule has 3 heteroatoms. The van der Waals surface area contributed by atoms with Gasteiger partial charge in [0.1, 0.15) is 5.76 Å². The molecule has 52 valence electrons. The van der Waals surface area contributed by atoms with Gasteiger partial charge in [-0.05, 0) is 18.2 Å². The summed E-state index contributed by atoms with van der Waals surface area (Å²) in [5, 5.41) is 0. The lowest BCUT2D eigenvalue weighted by molar-refractivity contribution is -0.124. The molecule has 0 saturated carbocycles. The van der Waals surface area contributed by atoms with Gasteiger partial charge in [0.05, 0.1) is 6.26 Å². The molecule has 0 fully saturated rings. The van der Waals surface area contributed by atoms with E-state index < -0.39 is 6.04 Å². The van der Waals surface area contributed by atoms with E-state index in [0.717, 1.165) is 6.08 Å². The van der Waals surface area contributed by atoms with Crippen molar-refractivity contribution in [2.75, 3.05) is 0 Å². The largest absolute Gasteiger partial charge is 0.465 e. The Bertz CT molecular complexity index is 236. The highest BCUT2D eigenvalue weighted by atomic mass is 19.1. The molecule has 0 radical (unpaired) electrons. The zero-order chi connectivity index (χ0) is 7.40. The van der Waals surface area contributed by atoms with Crippen LogP contribution in [0.5, 0.6) is 0 Å². The predicted molar refractivity (Wildman–Crippen MR) is 33.9 cm³/mol. The monoisotopic (exact) mass is 140 g/mol. The van der Waals surface area contributed by atoms with Crippen LogP contribution < -0.4 is 0 Å². The number of halogens is 1. The minimum absolute atomic E-state index is 0.464. The van der Waals surface area contributed by atoms with E-state index in [2.05, 4.69) is 0 Å². The Morgan fingerprint density at radius 3 is 3.00 bits per heavy atom. The second-order valence-electron chi connectivity index (χ2n) is 1.65. The lowest BCUT2D eigenvalue weighted by Crippen LogP contribution is -1.75. The molecule has 0 aromatic carbocycles. The van der Waals surface area contributed by atoms with Crippen LogP contribution in [0.1, 0.15) is 5.76 Å². The summed E-state index contributed by atoms with van der Waals surface area (Å²) >= 11 is 0. The molecule has 0 spiro atoms. The van der Waals surface area contributed by atoms with Crippen LogP contribution in [0, 0.1) is 0 Å². The van der Waals surface area contributed by atoms with Gasteiger partial charge in [0.25, 0.3) is 0 Å². The fourth-order valence-corrected chi connectivity index (χ4v) is 0.534. The zero-order valence-electron chi connectivity index (χ0n) is 5.08. The number of hydrogen-bond acceptors (Lipinski definition) is 2. The van der Waals surface area contributed by atoms with Crippen LogP contribution >= 0.6 is 0 Å². The molecule has 0 aliphatic rings. The Morgan fingerprint density at radius 1 is 1.70 bits per heavy atom. The minimum Gasteiger partial charge on any atom is -0.465 e. The Hall–Kier alpha value is -1.38. The summed E-state index contributed by atoms with van der Waals surface area (Å²) in [4.78, 5) is 9.74. The molecule has 0 saturated heterocycles. The number of furan rings is 1. The average Bonchev–Trinajstić information content (AvgIpc) is 2.34. The molecule has 0 aliphatic heterocycles. The van der Waals surface area contributed by atoms with Crippen LogP contribution in [0.4, 0.5) is 4.39 Å². The van der Waals surface area contributed by atoms with E-state index in [-0.39, 0.29) is 0 Å². The van der Waals surface area contributed by atoms with Crippen molar-refractivity contribution < 1.29 is 13.6 Å². The molecule has 0 bridgehead atoms. The van der Waals surface area contributed by atoms with Crippen LogP contribution in [0.3, 0.4) is 0 Å². The first kappa shape index (κ1) is 6.74. The summed E-state index contributed by atoms with van der Waals surface area (Å²) in [6.07, 6.45) is 3.52. The Kier molecular flexibility index (Phi) is 1.99. The second kappa shape index (κ2) is 2.96. The van der Waals surface area contributed by atoms with Crippen LogP contribution in [0.15, 0.2) is 28.9 Å². The molecule has 1 aromatic heterocycles. The molecule has 0 aliphatic carbocycles. The molecular formula is C7H5FO2. The van der Waals surface area contributed by atoms with E-state index in [4.69, 9.17) is 4.42 Å². The molecule has 0 amide bonds. The van der Waals surface area contributed by atoms with Gasteiger partial charge in [-0.15, -0.1) is 0 Å². The number of hydrogen-bond donors (Lipinski definition) is 0.